The fraction of sp³-hybridized carbons (Fsp3) is 0.412. The van der Waals surface area contributed by atoms with Gasteiger partial charge >= 0.3 is 0 Å². The predicted octanol–water partition coefficient (Wildman–Crippen LogP) is 3.58. The Labute approximate surface area is 125 Å². The number of nitrogens with one attached hydrogen (secondary N) is 1. The van der Waals surface area contributed by atoms with Crippen LogP contribution in [-0.2, 0) is 11.2 Å². The van der Waals surface area contributed by atoms with Crippen LogP contribution in [0, 0.1) is 0 Å². The number of oxazole rings is 1. The van der Waals surface area contributed by atoms with Gasteiger partial charge in [-0.3, -0.25) is 4.79 Å². The maximum Gasteiger partial charge on any atom is 0.220 e. The zero-order chi connectivity index (χ0) is 15.1. The summed E-state index contributed by atoms with van der Waals surface area (Å²) in [6.07, 6.45) is 4.72. The Balaban J connectivity index is 1.84. The van der Waals surface area contributed by atoms with Crippen LogP contribution in [0.25, 0.3) is 11.3 Å². The van der Waals surface area contributed by atoms with Crippen LogP contribution in [0.4, 0.5) is 0 Å². The molecular weight excluding hydrogens is 264 g/mol. The normalized spacial score (nSPS) is 12.1. The third-order valence-electron chi connectivity index (χ3n) is 3.31. The molecule has 2 rings (SSSR count). The summed E-state index contributed by atoms with van der Waals surface area (Å²) in [6.45, 7) is 4.14. The largest absolute Gasteiger partial charge is 0.441 e. The number of carbonyl (C=O) groups excluding carboxylic acids is 1. The average molecular weight is 286 g/mol. The first-order valence-corrected chi connectivity index (χ1v) is 7.48. The van der Waals surface area contributed by atoms with Gasteiger partial charge in [-0.25, -0.2) is 4.98 Å². The van der Waals surface area contributed by atoms with Crippen LogP contribution < -0.4 is 5.32 Å². The van der Waals surface area contributed by atoms with Crippen molar-refractivity contribution in [2.75, 3.05) is 0 Å². The Morgan fingerprint density at radius 3 is 2.81 bits per heavy atom. The molecule has 0 bridgehead atoms. The fourth-order valence-corrected chi connectivity index (χ4v) is 2.23. The average Bonchev–Trinajstić information content (AvgIpc) is 2.95. The molecule has 0 aliphatic carbocycles. The number of hydrogen-bond acceptors (Lipinski definition) is 3. The maximum atomic E-state index is 11.8. The molecule has 1 aromatic heterocycles. The van der Waals surface area contributed by atoms with Gasteiger partial charge in [0.05, 0.1) is 6.20 Å². The van der Waals surface area contributed by atoms with Crippen molar-refractivity contribution in [1.29, 1.82) is 0 Å². The Bertz CT molecular complexity index is 563. The third kappa shape index (κ3) is 4.74. The molecule has 0 saturated heterocycles. The van der Waals surface area contributed by atoms with Gasteiger partial charge in [0.25, 0.3) is 0 Å². The number of aryl methyl sites for hydroxylation is 1. The lowest BCUT2D eigenvalue weighted by Gasteiger charge is -2.11. The van der Waals surface area contributed by atoms with Crippen molar-refractivity contribution in [1.82, 2.24) is 10.3 Å². The van der Waals surface area contributed by atoms with E-state index in [2.05, 4.69) is 17.2 Å². The highest BCUT2D eigenvalue weighted by atomic mass is 16.4. The highest BCUT2D eigenvalue weighted by molar-refractivity contribution is 5.76. The van der Waals surface area contributed by atoms with E-state index in [1.165, 1.54) is 0 Å². The van der Waals surface area contributed by atoms with E-state index < -0.39 is 0 Å². The van der Waals surface area contributed by atoms with Crippen LogP contribution in [0.15, 0.2) is 40.9 Å². The Morgan fingerprint density at radius 1 is 1.33 bits per heavy atom. The number of benzene rings is 1. The number of amides is 1. The van der Waals surface area contributed by atoms with Gasteiger partial charge in [-0.15, -0.1) is 0 Å². The first kappa shape index (κ1) is 15.3. The SMILES string of the molecule is CCC[C@@H](C)NC(=O)CCc1ncc(-c2ccccc2)o1. The standard InChI is InChI=1S/C17H22N2O2/c1-3-7-13(2)19-16(20)10-11-17-18-12-15(21-17)14-8-5-4-6-9-14/h4-6,8-9,12-13H,3,7,10-11H2,1-2H3,(H,19,20)/t13-/m1/s1. The van der Waals surface area contributed by atoms with Gasteiger partial charge in [-0.05, 0) is 13.3 Å². The molecule has 1 aromatic carbocycles. The summed E-state index contributed by atoms with van der Waals surface area (Å²) >= 11 is 0. The van der Waals surface area contributed by atoms with Crippen molar-refractivity contribution in [3.8, 4) is 11.3 Å². The molecule has 0 aliphatic heterocycles. The number of rotatable bonds is 7. The Hall–Kier alpha value is -2.10. The number of hydrogen-bond donors (Lipinski definition) is 1. The van der Waals surface area contributed by atoms with Gasteiger partial charge in [-0.1, -0.05) is 43.7 Å². The van der Waals surface area contributed by atoms with Gasteiger partial charge in [0.15, 0.2) is 11.7 Å². The molecule has 4 heteroatoms. The summed E-state index contributed by atoms with van der Waals surface area (Å²) < 4.78 is 5.68. The van der Waals surface area contributed by atoms with Crippen molar-refractivity contribution in [2.24, 2.45) is 0 Å². The van der Waals surface area contributed by atoms with Crippen molar-refractivity contribution in [3.63, 3.8) is 0 Å². The summed E-state index contributed by atoms with van der Waals surface area (Å²) in [5.74, 6) is 1.40. The molecule has 4 nitrogen and oxygen atoms in total. The first-order valence-electron chi connectivity index (χ1n) is 7.48. The minimum absolute atomic E-state index is 0.0513. The van der Waals surface area contributed by atoms with E-state index in [9.17, 15) is 4.79 Å². The Kier molecular flexibility index (Phi) is 5.55. The lowest BCUT2D eigenvalue weighted by molar-refractivity contribution is -0.121. The molecular formula is C17H22N2O2. The molecule has 2 aromatic rings. The van der Waals surface area contributed by atoms with E-state index in [0.29, 0.717) is 18.7 Å². The molecule has 0 unspecified atom stereocenters. The van der Waals surface area contributed by atoms with Crippen LogP contribution in [0.5, 0.6) is 0 Å². The molecule has 0 radical (unpaired) electrons. The summed E-state index contributed by atoms with van der Waals surface area (Å²) in [6, 6.07) is 10.1. The topological polar surface area (TPSA) is 55.1 Å². The van der Waals surface area contributed by atoms with Crippen LogP contribution in [0.3, 0.4) is 0 Å². The molecule has 1 N–H and O–H groups in total. The molecule has 0 aliphatic rings. The summed E-state index contributed by atoms with van der Waals surface area (Å²) in [7, 11) is 0. The van der Waals surface area contributed by atoms with Crippen LogP contribution in [-0.4, -0.2) is 16.9 Å². The minimum Gasteiger partial charge on any atom is -0.441 e. The van der Waals surface area contributed by atoms with E-state index in [1.54, 1.807) is 6.20 Å². The van der Waals surface area contributed by atoms with Gasteiger partial charge in [0.2, 0.25) is 5.91 Å². The molecule has 0 spiro atoms. The van der Waals surface area contributed by atoms with Gasteiger partial charge in [0, 0.05) is 24.4 Å². The summed E-state index contributed by atoms with van der Waals surface area (Å²) in [4.78, 5) is 16.0. The lowest BCUT2D eigenvalue weighted by atomic mass is 10.2. The lowest BCUT2D eigenvalue weighted by Crippen LogP contribution is -2.32. The zero-order valence-electron chi connectivity index (χ0n) is 12.6. The number of nitrogens with zero attached hydrogens (tertiary/aromatic N) is 1. The van der Waals surface area contributed by atoms with Crippen molar-refractivity contribution < 1.29 is 9.21 Å². The highest BCUT2D eigenvalue weighted by Gasteiger charge is 2.10. The molecule has 112 valence electrons. The van der Waals surface area contributed by atoms with Crippen LogP contribution in [0.2, 0.25) is 0 Å². The highest BCUT2D eigenvalue weighted by Crippen LogP contribution is 2.20. The second-order valence-corrected chi connectivity index (χ2v) is 5.24. The third-order valence-corrected chi connectivity index (χ3v) is 3.31. The molecule has 0 fully saturated rings. The van der Waals surface area contributed by atoms with Gasteiger partial charge in [0.1, 0.15) is 0 Å². The van der Waals surface area contributed by atoms with Crippen molar-refractivity contribution in [2.45, 2.75) is 45.6 Å². The van der Waals surface area contributed by atoms with Crippen LogP contribution in [0.1, 0.15) is 39.0 Å². The fourth-order valence-electron chi connectivity index (χ4n) is 2.23. The van der Waals surface area contributed by atoms with E-state index in [4.69, 9.17) is 4.42 Å². The van der Waals surface area contributed by atoms with Crippen molar-refractivity contribution >= 4 is 5.91 Å². The number of aromatic nitrogens is 1. The second-order valence-electron chi connectivity index (χ2n) is 5.24. The first-order chi connectivity index (χ1) is 10.2. The summed E-state index contributed by atoms with van der Waals surface area (Å²) in [5.41, 5.74) is 0.997. The number of carbonyl (C=O) groups is 1. The van der Waals surface area contributed by atoms with Gasteiger partial charge < -0.3 is 9.73 Å². The van der Waals surface area contributed by atoms with Crippen LogP contribution >= 0.6 is 0 Å². The van der Waals surface area contributed by atoms with Gasteiger partial charge in [-0.2, -0.15) is 0 Å². The van der Waals surface area contributed by atoms with E-state index in [-0.39, 0.29) is 11.9 Å². The minimum atomic E-state index is 0.0513. The smallest absolute Gasteiger partial charge is 0.220 e. The van der Waals surface area contributed by atoms with E-state index in [0.717, 1.165) is 24.2 Å². The second kappa shape index (κ2) is 7.62. The Morgan fingerprint density at radius 2 is 2.10 bits per heavy atom. The molecule has 21 heavy (non-hydrogen) atoms. The molecule has 0 saturated carbocycles. The maximum absolute atomic E-state index is 11.8. The van der Waals surface area contributed by atoms with Crippen molar-refractivity contribution in [3.05, 3.63) is 42.4 Å². The zero-order valence-corrected chi connectivity index (χ0v) is 12.6. The molecule has 1 heterocycles. The molecule has 1 amide bonds. The molecule has 1 atom stereocenters. The van der Waals surface area contributed by atoms with E-state index >= 15 is 0 Å². The monoisotopic (exact) mass is 286 g/mol. The van der Waals surface area contributed by atoms with E-state index in [1.807, 2.05) is 37.3 Å². The summed E-state index contributed by atoms with van der Waals surface area (Å²) in [5, 5.41) is 2.98. The predicted molar refractivity (Wildman–Crippen MR) is 82.8 cm³/mol. The quantitative estimate of drug-likeness (QED) is 0.846.